The fourth-order valence-electron chi connectivity index (χ4n) is 3.00. The third-order valence-corrected chi connectivity index (χ3v) is 4.30. The van der Waals surface area contributed by atoms with Gasteiger partial charge >= 0.3 is 0 Å². The summed E-state index contributed by atoms with van der Waals surface area (Å²) in [6.07, 6.45) is 7.79. The summed E-state index contributed by atoms with van der Waals surface area (Å²) in [6, 6.07) is 12.3. The van der Waals surface area contributed by atoms with Gasteiger partial charge in [0, 0.05) is 11.6 Å². The Hall–Kier alpha value is -1.48. The molecule has 1 fully saturated rings. The molecule has 0 bridgehead atoms. The molecule has 1 saturated carbocycles. The number of aromatic amines is 1. The normalized spacial score (nSPS) is 16.8. The highest BCUT2D eigenvalue weighted by atomic mass is 32.1. The van der Waals surface area contributed by atoms with Gasteiger partial charge in [-0.3, -0.25) is 0 Å². The lowest BCUT2D eigenvalue weighted by Gasteiger charge is -2.14. The summed E-state index contributed by atoms with van der Waals surface area (Å²) in [5.41, 5.74) is 2.26. The van der Waals surface area contributed by atoms with Crippen LogP contribution in [0.2, 0.25) is 0 Å². The number of nitrogens with one attached hydrogen (secondary N) is 1. The Bertz CT molecular complexity index is 610. The molecule has 0 atom stereocenters. The minimum atomic E-state index is 0.544. The Kier molecular flexibility index (Phi) is 4.26. The van der Waals surface area contributed by atoms with Crippen molar-refractivity contribution in [2.75, 3.05) is 0 Å². The average Bonchev–Trinajstić information content (AvgIpc) is 2.77. The Labute approximate surface area is 125 Å². The minimum Gasteiger partial charge on any atom is -0.343 e. The fraction of sp³-hybridized carbons (Fsp3) is 0.412. The van der Waals surface area contributed by atoms with Gasteiger partial charge in [0.25, 0.3) is 0 Å². The van der Waals surface area contributed by atoms with E-state index in [4.69, 9.17) is 12.2 Å². The molecule has 20 heavy (non-hydrogen) atoms. The number of hydrogen-bond acceptors (Lipinski definition) is 2. The lowest BCUT2D eigenvalue weighted by molar-refractivity contribution is 0.560. The SMILES string of the molecule is S=c1cc(-c2ccccc2)[nH]c(C2CCCCCC2)n1. The van der Waals surface area contributed by atoms with Crippen molar-refractivity contribution in [3.05, 3.63) is 46.9 Å². The van der Waals surface area contributed by atoms with Gasteiger partial charge < -0.3 is 4.98 Å². The first-order valence-corrected chi connectivity index (χ1v) is 7.90. The molecule has 1 heterocycles. The first-order valence-electron chi connectivity index (χ1n) is 7.49. The number of benzene rings is 1. The van der Waals surface area contributed by atoms with E-state index in [1.165, 1.54) is 44.1 Å². The number of aromatic nitrogens is 2. The van der Waals surface area contributed by atoms with Crippen molar-refractivity contribution in [1.29, 1.82) is 0 Å². The maximum atomic E-state index is 5.36. The smallest absolute Gasteiger partial charge is 0.130 e. The number of nitrogens with zero attached hydrogens (tertiary/aromatic N) is 1. The lowest BCUT2D eigenvalue weighted by atomic mass is 9.99. The zero-order valence-electron chi connectivity index (χ0n) is 11.6. The summed E-state index contributed by atoms with van der Waals surface area (Å²) in [6.45, 7) is 0. The largest absolute Gasteiger partial charge is 0.343 e. The number of hydrogen-bond donors (Lipinski definition) is 1. The minimum absolute atomic E-state index is 0.544. The van der Waals surface area contributed by atoms with Crippen molar-refractivity contribution in [3.63, 3.8) is 0 Å². The molecule has 104 valence electrons. The van der Waals surface area contributed by atoms with E-state index in [1.807, 2.05) is 12.1 Å². The van der Waals surface area contributed by atoms with Crippen LogP contribution in [0.4, 0.5) is 0 Å². The van der Waals surface area contributed by atoms with Crippen LogP contribution in [0.1, 0.15) is 50.3 Å². The molecule has 1 aromatic heterocycles. The molecular weight excluding hydrogens is 264 g/mol. The van der Waals surface area contributed by atoms with Crippen LogP contribution < -0.4 is 0 Å². The predicted molar refractivity (Wildman–Crippen MR) is 85.3 cm³/mol. The van der Waals surface area contributed by atoms with Gasteiger partial charge in [-0.2, -0.15) is 0 Å². The van der Waals surface area contributed by atoms with E-state index in [0.717, 1.165) is 11.5 Å². The van der Waals surface area contributed by atoms with E-state index in [1.54, 1.807) is 0 Å². The van der Waals surface area contributed by atoms with Crippen LogP contribution >= 0.6 is 12.2 Å². The highest BCUT2D eigenvalue weighted by Crippen LogP contribution is 2.30. The molecule has 0 unspecified atom stereocenters. The van der Waals surface area contributed by atoms with Crippen molar-refractivity contribution in [1.82, 2.24) is 9.97 Å². The highest BCUT2D eigenvalue weighted by Gasteiger charge is 2.17. The maximum absolute atomic E-state index is 5.36. The molecule has 1 N–H and O–H groups in total. The first-order chi connectivity index (χ1) is 9.83. The summed E-state index contributed by atoms with van der Waals surface area (Å²) >= 11 is 5.36. The zero-order chi connectivity index (χ0) is 13.8. The van der Waals surface area contributed by atoms with Crippen molar-refractivity contribution in [2.45, 2.75) is 44.4 Å². The molecule has 0 saturated heterocycles. The van der Waals surface area contributed by atoms with Crippen molar-refractivity contribution in [3.8, 4) is 11.3 Å². The molecule has 0 radical (unpaired) electrons. The maximum Gasteiger partial charge on any atom is 0.130 e. The summed E-state index contributed by atoms with van der Waals surface area (Å²) < 4.78 is 0.696. The third kappa shape index (κ3) is 3.15. The molecule has 2 nitrogen and oxygen atoms in total. The molecule has 3 rings (SSSR count). The standard InChI is InChI=1S/C17H20N2S/c20-16-12-15(13-8-6-3-7-9-13)18-17(19-16)14-10-4-1-2-5-11-14/h3,6-9,12,14H,1-2,4-5,10-11H2,(H,18,19,20). The molecule has 0 amide bonds. The molecule has 1 aliphatic rings. The summed E-state index contributed by atoms with van der Waals surface area (Å²) in [5, 5.41) is 0. The van der Waals surface area contributed by atoms with Gasteiger partial charge in [-0.25, -0.2) is 4.98 Å². The molecule has 0 aliphatic heterocycles. The van der Waals surface area contributed by atoms with Gasteiger partial charge in [-0.1, -0.05) is 68.2 Å². The molecule has 1 aliphatic carbocycles. The molecular formula is C17H20N2S. The van der Waals surface area contributed by atoms with E-state index in [0.29, 0.717) is 10.6 Å². The fourth-order valence-corrected chi connectivity index (χ4v) is 3.21. The van der Waals surface area contributed by atoms with E-state index in [9.17, 15) is 0 Å². The van der Waals surface area contributed by atoms with Gasteiger partial charge in [0.2, 0.25) is 0 Å². The zero-order valence-corrected chi connectivity index (χ0v) is 12.5. The van der Waals surface area contributed by atoms with Crippen molar-refractivity contribution >= 4 is 12.2 Å². The van der Waals surface area contributed by atoms with Crippen molar-refractivity contribution in [2.24, 2.45) is 0 Å². The lowest BCUT2D eigenvalue weighted by Crippen LogP contribution is -2.05. The quantitative estimate of drug-likeness (QED) is 0.603. The molecule has 0 spiro atoms. The third-order valence-electron chi connectivity index (χ3n) is 4.09. The second-order valence-corrected chi connectivity index (χ2v) is 5.99. The van der Waals surface area contributed by atoms with Gasteiger partial charge in [0.05, 0.1) is 0 Å². The van der Waals surface area contributed by atoms with E-state index >= 15 is 0 Å². The first kappa shape index (κ1) is 13.5. The average molecular weight is 284 g/mol. The van der Waals surface area contributed by atoms with E-state index < -0.39 is 0 Å². The number of rotatable bonds is 2. The monoisotopic (exact) mass is 284 g/mol. The second kappa shape index (κ2) is 6.31. The topological polar surface area (TPSA) is 28.7 Å². The van der Waals surface area contributed by atoms with Gasteiger partial charge in [0.15, 0.2) is 0 Å². The van der Waals surface area contributed by atoms with Crippen LogP contribution in [0.25, 0.3) is 11.3 Å². The van der Waals surface area contributed by atoms with Gasteiger partial charge in [0.1, 0.15) is 10.5 Å². The van der Waals surface area contributed by atoms with Crippen LogP contribution in [-0.4, -0.2) is 9.97 Å². The van der Waals surface area contributed by atoms with Crippen LogP contribution in [0.3, 0.4) is 0 Å². The Balaban J connectivity index is 1.96. The van der Waals surface area contributed by atoms with Gasteiger partial charge in [-0.15, -0.1) is 0 Å². The van der Waals surface area contributed by atoms with Crippen LogP contribution in [0.15, 0.2) is 36.4 Å². The molecule has 1 aromatic carbocycles. The Morgan fingerprint density at radius 1 is 1.00 bits per heavy atom. The van der Waals surface area contributed by atoms with Crippen molar-refractivity contribution < 1.29 is 0 Å². The molecule has 2 aromatic rings. The molecule has 3 heteroatoms. The Morgan fingerprint density at radius 3 is 2.40 bits per heavy atom. The highest BCUT2D eigenvalue weighted by molar-refractivity contribution is 7.71. The summed E-state index contributed by atoms with van der Waals surface area (Å²) in [4.78, 5) is 8.11. The van der Waals surface area contributed by atoms with E-state index in [-0.39, 0.29) is 0 Å². The predicted octanol–water partition coefficient (Wildman–Crippen LogP) is 5.24. The van der Waals surface area contributed by atoms with Gasteiger partial charge in [-0.05, 0) is 24.5 Å². The van der Waals surface area contributed by atoms with E-state index in [2.05, 4.69) is 34.2 Å². The Morgan fingerprint density at radius 2 is 1.70 bits per heavy atom. The van der Waals surface area contributed by atoms with Crippen LogP contribution in [0.5, 0.6) is 0 Å². The number of H-pyrrole nitrogens is 1. The van der Waals surface area contributed by atoms with Crippen LogP contribution in [-0.2, 0) is 0 Å². The van der Waals surface area contributed by atoms with Crippen LogP contribution in [0, 0.1) is 4.64 Å². The summed E-state index contributed by atoms with van der Waals surface area (Å²) in [7, 11) is 0. The second-order valence-electron chi connectivity index (χ2n) is 5.57. The summed E-state index contributed by atoms with van der Waals surface area (Å²) in [5.74, 6) is 1.63.